The maximum absolute atomic E-state index is 12.4. The number of urea groups is 1. The summed E-state index contributed by atoms with van der Waals surface area (Å²) in [4.78, 5) is 25.6. The lowest BCUT2D eigenvalue weighted by Gasteiger charge is -2.33. The summed E-state index contributed by atoms with van der Waals surface area (Å²) < 4.78 is 0. The van der Waals surface area contributed by atoms with E-state index in [0.717, 1.165) is 24.8 Å². The highest BCUT2D eigenvalue weighted by molar-refractivity contribution is 5.86. The summed E-state index contributed by atoms with van der Waals surface area (Å²) in [5, 5.41) is 12.2. The highest BCUT2D eigenvalue weighted by Crippen LogP contribution is 2.30. The highest BCUT2D eigenvalue weighted by Gasteiger charge is 2.43. The Morgan fingerprint density at radius 1 is 1.14 bits per heavy atom. The van der Waals surface area contributed by atoms with Gasteiger partial charge in [0.15, 0.2) is 0 Å². The van der Waals surface area contributed by atoms with E-state index in [2.05, 4.69) is 11.4 Å². The molecule has 0 unspecified atom stereocenters. The second-order valence-electron chi connectivity index (χ2n) is 5.96. The average molecular weight is 288 g/mol. The standard InChI is InChI=1S/C16H20N2O3/c19-14(20)16(8-3-4-9-16)17-15(21)18-10-7-12-5-1-2-6-13(12)11-18/h1-2,5-6H,3-4,7-11H2,(H,17,21)(H,19,20). The second-order valence-corrected chi connectivity index (χ2v) is 5.96. The van der Waals surface area contributed by atoms with Crippen LogP contribution in [-0.2, 0) is 17.8 Å². The molecular formula is C16H20N2O3. The molecule has 2 aliphatic rings. The number of nitrogens with one attached hydrogen (secondary N) is 1. The number of carboxylic acid groups (broad SMARTS) is 1. The van der Waals surface area contributed by atoms with Crippen LogP contribution in [0.3, 0.4) is 0 Å². The highest BCUT2D eigenvalue weighted by atomic mass is 16.4. The minimum absolute atomic E-state index is 0.256. The van der Waals surface area contributed by atoms with Gasteiger partial charge in [-0.1, -0.05) is 37.1 Å². The monoisotopic (exact) mass is 288 g/mol. The molecule has 21 heavy (non-hydrogen) atoms. The zero-order valence-corrected chi connectivity index (χ0v) is 12.0. The summed E-state index contributed by atoms with van der Waals surface area (Å²) in [5.74, 6) is -0.911. The van der Waals surface area contributed by atoms with Crippen molar-refractivity contribution in [1.29, 1.82) is 0 Å². The molecule has 1 saturated carbocycles. The third-order valence-electron chi connectivity index (χ3n) is 4.63. The van der Waals surface area contributed by atoms with Crippen molar-refractivity contribution in [2.75, 3.05) is 6.54 Å². The van der Waals surface area contributed by atoms with Crippen LogP contribution in [0.25, 0.3) is 0 Å². The Morgan fingerprint density at radius 2 is 1.81 bits per heavy atom. The molecule has 3 rings (SSSR count). The van der Waals surface area contributed by atoms with Gasteiger partial charge in [-0.05, 0) is 30.4 Å². The molecule has 5 heteroatoms. The van der Waals surface area contributed by atoms with E-state index in [-0.39, 0.29) is 6.03 Å². The van der Waals surface area contributed by atoms with Crippen molar-refractivity contribution in [1.82, 2.24) is 10.2 Å². The van der Waals surface area contributed by atoms with E-state index in [1.54, 1.807) is 4.90 Å². The quantitative estimate of drug-likeness (QED) is 0.876. The zero-order chi connectivity index (χ0) is 14.9. The Labute approximate surface area is 123 Å². The number of rotatable bonds is 2. The zero-order valence-electron chi connectivity index (χ0n) is 12.0. The van der Waals surface area contributed by atoms with Crippen LogP contribution < -0.4 is 5.32 Å². The summed E-state index contributed by atoms with van der Waals surface area (Å²) in [6.45, 7) is 1.19. The number of hydrogen-bond acceptors (Lipinski definition) is 2. The molecule has 2 N–H and O–H groups in total. The molecular weight excluding hydrogens is 268 g/mol. The van der Waals surface area contributed by atoms with Gasteiger partial charge in [-0.15, -0.1) is 0 Å². The SMILES string of the molecule is O=C(NC1(C(=O)O)CCCC1)N1CCc2ccccc2C1. The molecule has 0 bridgehead atoms. The molecule has 0 radical (unpaired) electrons. The van der Waals surface area contributed by atoms with E-state index >= 15 is 0 Å². The van der Waals surface area contributed by atoms with E-state index in [1.807, 2.05) is 18.2 Å². The summed E-state index contributed by atoms with van der Waals surface area (Å²) in [7, 11) is 0. The van der Waals surface area contributed by atoms with Gasteiger partial charge in [0.25, 0.3) is 0 Å². The van der Waals surface area contributed by atoms with Gasteiger partial charge in [0.2, 0.25) is 0 Å². The maximum atomic E-state index is 12.4. The number of carbonyl (C=O) groups excluding carboxylic acids is 1. The first-order valence-corrected chi connectivity index (χ1v) is 7.48. The number of aliphatic carboxylic acids is 1. The number of hydrogen-bond donors (Lipinski definition) is 2. The smallest absolute Gasteiger partial charge is 0.329 e. The van der Waals surface area contributed by atoms with Crippen molar-refractivity contribution in [2.45, 2.75) is 44.2 Å². The third kappa shape index (κ3) is 2.60. The normalized spacial score (nSPS) is 19.9. The van der Waals surface area contributed by atoms with Crippen LogP contribution in [0.2, 0.25) is 0 Å². The van der Waals surface area contributed by atoms with Crippen LogP contribution >= 0.6 is 0 Å². The first kappa shape index (κ1) is 13.9. The lowest BCUT2D eigenvalue weighted by molar-refractivity contribution is -0.144. The Bertz CT molecular complexity index is 564. The maximum Gasteiger partial charge on any atom is 0.329 e. The van der Waals surface area contributed by atoms with Crippen molar-refractivity contribution >= 4 is 12.0 Å². The summed E-state index contributed by atoms with van der Waals surface area (Å²) >= 11 is 0. The number of fused-ring (bicyclic) bond motifs is 1. The van der Waals surface area contributed by atoms with Gasteiger partial charge in [-0.3, -0.25) is 0 Å². The Morgan fingerprint density at radius 3 is 2.48 bits per heavy atom. The molecule has 0 aromatic heterocycles. The third-order valence-corrected chi connectivity index (χ3v) is 4.63. The molecule has 1 aliphatic heterocycles. The molecule has 5 nitrogen and oxygen atoms in total. The van der Waals surface area contributed by atoms with Gasteiger partial charge in [-0.25, -0.2) is 9.59 Å². The van der Waals surface area contributed by atoms with E-state index in [0.29, 0.717) is 25.9 Å². The van der Waals surface area contributed by atoms with Crippen LogP contribution in [0, 0.1) is 0 Å². The first-order valence-electron chi connectivity index (χ1n) is 7.48. The van der Waals surface area contributed by atoms with Crippen LogP contribution in [0.4, 0.5) is 4.79 Å². The van der Waals surface area contributed by atoms with E-state index in [4.69, 9.17) is 0 Å². The molecule has 1 aromatic carbocycles. The van der Waals surface area contributed by atoms with E-state index in [1.165, 1.54) is 5.56 Å². The molecule has 0 atom stereocenters. The van der Waals surface area contributed by atoms with Crippen molar-refractivity contribution in [2.24, 2.45) is 0 Å². The molecule has 112 valence electrons. The van der Waals surface area contributed by atoms with E-state index in [9.17, 15) is 14.7 Å². The fourth-order valence-electron chi connectivity index (χ4n) is 3.32. The Balaban J connectivity index is 1.71. The number of benzene rings is 1. The Hall–Kier alpha value is -2.04. The molecule has 2 amide bonds. The predicted molar refractivity (Wildman–Crippen MR) is 77.9 cm³/mol. The molecule has 0 saturated heterocycles. The number of nitrogens with zero attached hydrogens (tertiary/aromatic N) is 1. The van der Waals surface area contributed by atoms with Gasteiger partial charge in [-0.2, -0.15) is 0 Å². The van der Waals surface area contributed by atoms with Crippen LogP contribution in [0.15, 0.2) is 24.3 Å². The molecule has 1 aliphatic carbocycles. The summed E-state index contributed by atoms with van der Waals surface area (Å²) in [6, 6.07) is 7.83. The van der Waals surface area contributed by atoms with Crippen LogP contribution in [-0.4, -0.2) is 34.1 Å². The number of amides is 2. The molecule has 0 spiro atoms. The molecule has 1 fully saturated rings. The minimum atomic E-state index is -1.06. The van der Waals surface area contributed by atoms with Gasteiger partial charge in [0.1, 0.15) is 5.54 Å². The van der Waals surface area contributed by atoms with Crippen LogP contribution in [0.5, 0.6) is 0 Å². The van der Waals surface area contributed by atoms with E-state index < -0.39 is 11.5 Å². The number of carbonyl (C=O) groups is 2. The predicted octanol–water partition coefficient (Wildman–Crippen LogP) is 2.15. The molecule has 1 heterocycles. The average Bonchev–Trinajstić information content (AvgIpc) is 2.96. The lowest BCUT2D eigenvalue weighted by Crippen LogP contribution is -2.56. The van der Waals surface area contributed by atoms with Gasteiger partial charge < -0.3 is 15.3 Å². The Kier molecular flexibility index (Phi) is 3.57. The molecule has 1 aromatic rings. The summed E-state index contributed by atoms with van der Waals surface area (Å²) in [5.41, 5.74) is 1.36. The van der Waals surface area contributed by atoms with Crippen molar-refractivity contribution < 1.29 is 14.7 Å². The van der Waals surface area contributed by atoms with Crippen molar-refractivity contribution in [3.63, 3.8) is 0 Å². The fraction of sp³-hybridized carbons (Fsp3) is 0.500. The van der Waals surface area contributed by atoms with Crippen LogP contribution in [0.1, 0.15) is 36.8 Å². The minimum Gasteiger partial charge on any atom is -0.480 e. The van der Waals surface area contributed by atoms with Crippen molar-refractivity contribution in [3.8, 4) is 0 Å². The van der Waals surface area contributed by atoms with Gasteiger partial charge in [0, 0.05) is 13.1 Å². The van der Waals surface area contributed by atoms with Gasteiger partial charge in [0.05, 0.1) is 0 Å². The number of carboxylic acids is 1. The lowest BCUT2D eigenvalue weighted by atomic mass is 9.97. The fourth-order valence-corrected chi connectivity index (χ4v) is 3.32. The first-order chi connectivity index (χ1) is 10.1. The summed E-state index contributed by atoms with van der Waals surface area (Å²) in [6.07, 6.45) is 3.59. The van der Waals surface area contributed by atoms with Crippen molar-refractivity contribution in [3.05, 3.63) is 35.4 Å². The second kappa shape index (κ2) is 5.39. The van der Waals surface area contributed by atoms with Gasteiger partial charge >= 0.3 is 12.0 Å². The topological polar surface area (TPSA) is 69.6 Å². The largest absolute Gasteiger partial charge is 0.480 e.